The highest BCUT2D eigenvalue weighted by Crippen LogP contribution is 2.34. The number of hydrogen-bond acceptors (Lipinski definition) is 11. The Morgan fingerprint density at radius 2 is 1.56 bits per heavy atom. The average Bonchev–Trinajstić information content (AvgIpc) is 3.67. The number of piperidine rings is 1. The number of carbonyl (C=O) groups excluding carboxylic acids is 5. The number of hydrogen-bond donors (Lipinski definition) is 2. The summed E-state index contributed by atoms with van der Waals surface area (Å²) in [4.78, 5) is 77.0. The third-order valence-corrected chi connectivity index (χ3v) is 12.7. The van der Waals surface area contributed by atoms with Gasteiger partial charge in [0, 0.05) is 43.8 Å². The first-order valence-electron chi connectivity index (χ1n) is 22.2. The zero-order chi connectivity index (χ0) is 45.3. The molecule has 13 nitrogen and oxygen atoms in total. The van der Waals surface area contributed by atoms with E-state index in [-0.39, 0.29) is 54.4 Å². The second-order valence-corrected chi connectivity index (χ2v) is 18.3. The summed E-state index contributed by atoms with van der Waals surface area (Å²) in [5.41, 5.74) is 2.20. The number of ether oxygens (including phenoxy) is 3. The van der Waals surface area contributed by atoms with Gasteiger partial charge in [-0.2, -0.15) is 0 Å². The molecule has 2 aromatic carbocycles. The Balaban J connectivity index is 1.64. The van der Waals surface area contributed by atoms with E-state index in [9.17, 15) is 24.0 Å². The number of esters is 2. The molecule has 2 N–H and O–H groups in total. The molecule has 1 aliphatic heterocycles. The smallest absolute Gasteiger partial charge is 0.308 e. The number of nitrogens with one attached hydrogen (secondary N) is 2. The van der Waals surface area contributed by atoms with Crippen LogP contribution in [0.2, 0.25) is 0 Å². The molecule has 62 heavy (non-hydrogen) atoms. The number of nitrogens with zero attached hydrogens (tertiary/aromatic N) is 3. The van der Waals surface area contributed by atoms with E-state index in [1.54, 1.807) is 25.8 Å². The van der Waals surface area contributed by atoms with E-state index in [1.807, 2.05) is 100 Å². The van der Waals surface area contributed by atoms with Crippen LogP contribution >= 0.6 is 11.3 Å². The fourth-order valence-corrected chi connectivity index (χ4v) is 9.07. The van der Waals surface area contributed by atoms with Crippen LogP contribution in [0.1, 0.15) is 118 Å². The molecule has 6 atom stereocenters. The lowest BCUT2D eigenvalue weighted by atomic mass is 9.94. The number of thiazole rings is 1. The second kappa shape index (κ2) is 24.8. The van der Waals surface area contributed by atoms with E-state index in [0.29, 0.717) is 42.4 Å². The predicted molar refractivity (Wildman–Crippen MR) is 241 cm³/mol. The topological polar surface area (TPSA) is 156 Å². The SMILES string of the molecule is CCOC(=O)[C@@H](C)C[C@H](Cc1ccccc1)NC(=O)c1nc([C@@H](C[C@H](C(C)C)N(C)C(=O)[C@@H](NC(=O)[C@H]2CCCCN2C)C(C)C)OC(C)=O)sc1CCOCc1ccccc1. The molecule has 0 radical (unpaired) electrons. The molecule has 3 aromatic rings. The number of benzene rings is 2. The Kier molecular flexibility index (Phi) is 20.0. The first-order chi connectivity index (χ1) is 29.6. The molecule has 1 saturated heterocycles. The van der Waals surface area contributed by atoms with Crippen LogP contribution in [0, 0.1) is 17.8 Å². The van der Waals surface area contributed by atoms with Crippen LogP contribution in [0.25, 0.3) is 0 Å². The van der Waals surface area contributed by atoms with Gasteiger partial charge in [-0.25, -0.2) is 4.98 Å². The van der Waals surface area contributed by atoms with Crippen molar-refractivity contribution in [1.82, 2.24) is 25.4 Å². The summed E-state index contributed by atoms with van der Waals surface area (Å²) in [6.45, 7) is 14.5. The van der Waals surface area contributed by atoms with E-state index in [4.69, 9.17) is 19.2 Å². The molecule has 0 saturated carbocycles. The third-order valence-electron chi connectivity index (χ3n) is 11.5. The molecule has 340 valence electrons. The maximum atomic E-state index is 14.4. The Morgan fingerprint density at radius 3 is 2.16 bits per heavy atom. The van der Waals surface area contributed by atoms with Crippen LogP contribution in [0.4, 0.5) is 0 Å². The zero-order valence-corrected chi connectivity index (χ0v) is 39.0. The Bertz CT molecular complexity index is 1890. The lowest BCUT2D eigenvalue weighted by molar-refractivity contribution is -0.149. The van der Waals surface area contributed by atoms with Crippen LogP contribution in [-0.4, -0.2) is 102 Å². The van der Waals surface area contributed by atoms with Gasteiger partial charge >= 0.3 is 11.9 Å². The highest BCUT2D eigenvalue weighted by atomic mass is 32.1. The molecule has 2 heterocycles. The van der Waals surface area contributed by atoms with Crippen LogP contribution in [0.5, 0.6) is 0 Å². The molecule has 4 rings (SSSR count). The van der Waals surface area contributed by atoms with Gasteiger partial charge in [0.2, 0.25) is 11.8 Å². The Morgan fingerprint density at radius 1 is 0.903 bits per heavy atom. The average molecular weight is 876 g/mol. The number of carbonyl (C=O) groups is 5. The van der Waals surface area contributed by atoms with Gasteiger partial charge in [0.15, 0.2) is 6.10 Å². The minimum absolute atomic E-state index is 0.0799. The summed E-state index contributed by atoms with van der Waals surface area (Å²) in [6, 6.07) is 17.7. The zero-order valence-electron chi connectivity index (χ0n) is 38.2. The lowest BCUT2D eigenvalue weighted by Gasteiger charge is -2.37. The minimum Gasteiger partial charge on any atom is -0.466 e. The van der Waals surface area contributed by atoms with Gasteiger partial charge in [-0.3, -0.25) is 28.9 Å². The van der Waals surface area contributed by atoms with E-state index < -0.39 is 42.0 Å². The molecule has 0 unspecified atom stereocenters. The minimum atomic E-state index is -0.891. The second-order valence-electron chi connectivity index (χ2n) is 17.2. The first kappa shape index (κ1) is 50.0. The van der Waals surface area contributed by atoms with E-state index in [1.165, 1.54) is 18.3 Å². The maximum absolute atomic E-state index is 14.4. The predicted octanol–water partition coefficient (Wildman–Crippen LogP) is 6.94. The molecule has 3 amide bonds. The summed E-state index contributed by atoms with van der Waals surface area (Å²) in [7, 11) is 3.67. The maximum Gasteiger partial charge on any atom is 0.308 e. The summed E-state index contributed by atoms with van der Waals surface area (Å²) < 4.78 is 17.3. The molecule has 0 spiro atoms. The van der Waals surface area contributed by atoms with Crippen molar-refractivity contribution in [3.05, 3.63) is 87.4 Å². The molecule has 1 aromatic heterocycles. The highest BCUT2D eigenvalue weighted by Gasteiger charge is 2.37. The fourth-order valence-electron chi connectivity index (χ4n) is 7.99. The largest absolute Gasteiger partial charge is 0.466 e. The van der Waals surface area contributed by atoms with Gasteiger partial charge in [-0.1, -0.05) is 102 Å². The van der Waals surface area contributed by atoms with Crippen molar-refractivity contribution in [1.29, 1.82) is 0 Å². The van der Waals surface area contributed by atoms with Crippen molar-refractivity contribution >= 4 is 41.0 Å². The van der Waals surface area contributed by atoms with E-state index in [2.05, 4.69) is 10.6 Å². The van der Waals surface area contributed by atoms with Crippen molar-refractivity contribution in [2.45, 2.75) is 130 Å². The monoisotopic (exact) mass is 875 g/mol. The fraction of sp³-hybridized carbons (Fsp3) is 0.583. The van der Waals surface area contributed by atoms with Gasteiger partial charge in [-0.05, 0) is 69.2 Å². The number of rotatable bonds is 23. The van der Waals surface area contributed by atoms with E-state index in [0.717, 1.165) is 36.9 Å². The van der Waals surface area contributed by atoms with Crippen LogP contribution < -0.4 is 10.6 Å². The van der Waals surface area contributed by atoms with Gasteiger partial charge in [0.1, 0.15) is 16.7 Å². The molecule has 1 fully saturated rings. The highest BCUT2D eigenvalue weighted by molar-refractivity contribution is 7.12. The van der Waals surface area contributed by atoms with E-state index >= 15 is 0 Å². The van der Waals surface area contributed by atoms with Crippen molar-refractivity contribution in [2.24, 2.45) is 17.8 Å². The van der Waals surface area contributed by atoms with Crippen LogP contribution in [0.3, 0.4) is 0 Å². The van der Waals surface area contributed by atoms with Crippen molar-refractivity contribution in [3.8, 4) is 0 Å². The van der Waals surface area contributed by atoms with Crippen molar-refractivity contribution in [2.75, 3.05) is 33.9 Å². The van der Waals surface area contributed by atoms with Gasteiger partial charge in [-0.15, -0.1) is 11.3 Å². The molecular formula is C48H69N5O8S. The molecule has 1 aliphatic rings. The van der Waals surface area contributed by atoms with Crippen molar-refractivity contribution in [3.63, 3.8) is 0 Å². The summed E-state index contributed by atoms with van der Waals surface area (Å²) in [5.74, 6) is -2.40. The Hall–Kier alpha value is -4.66. The first-order valence-corrected chi connectivity index (χ1v) is 23.0. The quantitative estimate of drug-likeness (QED) is 0.0757. The third kappa shape index (κ3) is 15.0. The molecule has 0 bridgehead atoms. The summed E-state index contributed by atoms with van der Waals surface area (Å²) in [5, 5.41) is 6.67. The molecule has 0 aliphatic carbocycles. The number of amides is 3. The van der Waals surface area contributed by atoms with Crippen LogP contribution in [0.15, 0.2) is 60.7 Å². The Labute approximate surface area is 372 Å². The lowest BCUT2D eigenvalue weighted by Crippen LogP contribution is -2.57. The standard InChI is InChI=1S/C48H69N5O8S/c1-10-60-48(58)33(6)27-37(28-35-19-13-11-14-20-35)49-45(56)43-41(24-26-59-30-36-21-15-12-16-22-36)62-46(51-43)40(61-34(7)54)29-39(31(2)3)53(9)47(57)42(32(4)5)50-44(55)38-23-17-18-25-52(38)8/h11-16,19-22,31-33,37-40,42H,10,17-18,23-30H2,1-9H3,(H,49,56)(H,50,55)/t33-,37+,38+,39+,40+,42-/m0/s1. The van der Waals surface area contributed by atoms with Crippen LogP contribution in [-0.2, 0) is 52.8 Å². The number of aromatic nitrogens is 1. The normalized spacial score (nSPS) is 16.8. The summed E-state index contributed by atoms with van der Waals surface area (Å²) in [6.07, 6.45) is 3.23. The van der Waals surface area contributed by atoms with Gasteiger partial charge < -0.3 is 29.7 Å². The number of likely N-dealkylation sites (N-methyl/N-ethyl adjacent to an activating group) is 2. The van der Waals surface area contributed by atoms with Gasteiger partial charge in [0.25, 0.3) is 5.91 Å². The molecular weight excluding hydrogens is 807 g/mol. The van der Waals surface area contributed by atoms with Crippen molar-refractivity contribution < 1.29 is 38.2 Å². The molecule has 14 heteroatoms. The number of likely N-dealkylation sites (tertiary alicyclic amines) is 1. The van der Waals surface area contributed by atoms with Gasteiger partial charge in [0.05, 0.1) is 31.8 Å². The summed E-state index contributed by atoms with van der Waals surface area (Å²) >= 11 is 1.28.